The first-order chi connectivity index (χ1) is 9.43. The number of esters is 1. The summed E-state index contributed by atoms with van der Waals surface area (Å²) >= 11 is 0.959. The van der Waals surface area contributed by atoms with Crippen LogP contribution < -0.4 is 0 Å². The molecule has 3 nitrogen and oxygen atoms in total. The van der Waals surface area contributed by atoms with Crippen molar-refractivity contribution in [1.29, 1.82) is 0 Å². The molecule has 0 bridgehead atoms. The van der Waals surface area contributed by atoms with Crippen LogP contribution in [0, 0.1) is 0 Å². The first-order valence-corrected chi connectivity index (χ1v) is 6.60. The Morgan fingerprint density at radius 2 is 2.05 bits per heavy atom. The van der Waals surface area contributed by atoms with Crippen LogP contribution in [0.5, 0.6) is 0 Å². The van der Waals surface area contributed by atoms with E-state index in [0.717, 1.165) is 17.4 Å². The summed E-state index contributed by atoms with van der Waals surface area (Å²) in [6, 6.07) is 5.12. The van der Waals surface area contributed by atoms with Crippen molar-refractivity contribution < 1.29 is 22.7 Å². The first kappa shape index (κ1) is 14.5. The van der Waals surface area contributed by atoms with E-state index in [1.165, 1.54) is 23.6 Å². The van der Waals surface area contributed by atoms with Crippen LogP contribution in [0.15, 0.2) is 29.6 Å². The van der Waals surface area contributed by atoms with E-state index in [4.69, 9.17) is 4.74 Å². The van der Waals surface area contributed by atoms with E-state index in [9.17, 15) is 18.0 Å². The van der Waals surface area contributed by atoms with Crippen LogP contribution in [0.4, 0.5) is 13.2 Å². The highest BCUT2D eigenvalue weighted by Crippen LogP contribution is 2.37. The summed E-state index contributed by atoms with van der Waals surface area (Å²) in [6.07, 6.45) is -4.47. The predicted molar refractivity (Wildman–Crippen MR) is 68.5 cm³/mol. The monoisotopic (exact) mass is 301 g/mol. The maximum atomic E-state index is 12.9. The third kappa shape index (κ3) is 2.98. The van der Waals surface area contributed by atoms with Gasteiger partial charge in [0.05, 0.1) is 17.9 Å². The third-order valence-electron chi connectivity index (χ3n) is 2.46. The molecule has 0 unspecified atom stereocenters. The minimum atomic E-state index is -4.47. The van der Waals surface area contributed by atoms with Gasteiger partial charge in [0.2, 0.25) is 5.01 Å². The molecule has 7 heteroatoms. The van der Waals surface area contributed by atoms with Crippen molar-refractivity contribution in [2.24, 2.45) is 0 Å². The van der Waals surface area contributed by atoms with Crippen LogP contribution in [0.25, 0.3) is 11.3 Å². The van der Waals surface area contributed by atoms with Gasteiger partial charge in [-0.05, 0) is 13.0 Å². The Labute approximate surface area is 117 Å². The number of nitrogens with zero attached hydrogens (tertiary/aromatic N) is 1. The van der Waals surface area contributed by atoms with Crippen molar-refractivity contribution >= 4 is 17.3 Å². The summed E-state index contributed by atoms with van der Waals surface area (Å²) in [5.74, 6) is -0.631. The Morgan fingerprint density at radius 1 is 1.35 bits per heavy atom. The Balaban J connectivity index is 2.41. The van der Waals surface area contributed by atoms with Crippen molar-refractivity contribution in [3.05, 3.63) is 40.2 Å². The van der Waals surface area contributed by atoms with E-state index >= 15 is 0 Å². The largest absolute Gasteiger partial charge is 0.461 e. The second-order valence-electron chi connectivity index (χ2n) is 3.80. The molecular formula is C13H10F3NO2S. The van der Waals surface area contributed by atoms with Gasteiger partial charge in [-0.1, -0.05) is 18.2 Å². The van der Waals surface area contributed by atoms with Crippen molar-refractivity contribution in [2.45, 2.75) is 13.1 Å². The molecule has 2 aromatic rings. The summed E-state index contributed by atoms with van der Waals surface area (Å²) in [5.41, 5.74) is -0.710. The molecule has 0 aliphatic heterocycles. The molecule has 0 fully saturated rings. The van der Waals surface area contributed by atoms with Crippen molar-refractivity contribution in [3.8, 4) is 11.3 Å². The number of rotatable bonds is 3. The number of halogens is 3. The number of benzene rings is 1. The molecule has 1 aromatic carbocycles. The number of ether oxygens (including phenoxy) is 1. The maximum absolute atomic E-state index is 12.9. The summed E-state index contributed by atoms with van der Waals surface area (Å²) in [6.45, 7) is 1.83. The molecule has 0 N–H and O–H groups in total. The standard InChI is InChI=1S/C13H10F3NO2S/c1-2-19-12(18)11-17-10(7-20-11)8-5-3-4-6-9(8)13(14,15)16/h3-7H,2H2,1H3. The molecule has 0 radical (unpaired) electrons. The van der Waals surface area contributed by atoms with Gasteiger partial charge < -0.3 is 4.74 Å². The molecular weight excluding hydrogens is 291 g/mol. The summed E-state index contributed by atoms with van der Waals surface area (Å²) in [4.78, 5) is 15.4. The summed E-state index contributed by atoms with van der Waals surface area (Å²) < 4.78 is 43.5. The van der Waals surface area contributed by atoms with Crippen molar-refractivity contribution in [2.75, 3.05) is 6.61 Å². The number of carbonyl (C=O) groups is 1. The molecule has 0 spiro atoms. The van der Waals surface area contributed by atoms with Gasteiger partial charge in [-0.3, -0.25) is 0 Å². The number of aromatic nitrogens is 1. The minimum Gasteiger partial charge on any atom is -0.461 e. The normalized spacial score (nSPS) is 11.4. The quantitative estimate of drug-likeness (QED) is 0.804. The average molecular weight is 301 g/mol. The van der Waals surface area contributed by atoms with Gasteiger partial charge >= 0.3 is 12.1 Å². The molecule has 2 rings (SSSR count). The molecule has 0 atom stereocenters. The van der Waals surface area contributed by atoms with Crippen molar-refractivity contribution in [3.63, 3.8) is 0 Å². The second kappa shape index (κ2) is 5.62. The first-order valence-electron chi connectivity index (χ1n) is 5.72. The SMILES string of the molecule is CCOC(=O)c1nc(-c2ccccc2C(F)(F)F)cs1. The second-order valence-corrected chi connectivity index (χ2v) is 4.66. The number of carbonyl (C=O) groups excluding carboxylic acids is 1. The number of thiazole rings is 1. The zero-order valence-corrected chi connectivity index (χ0v) is 11.2. The van der Waals surface area contributed by atoms with Crippen LogP contribution in [0.2, 0.25) is 0 Å². The van der Waals surface area contributed by atoms with E-state index in [1.54, 1.807) is 6.92 Å². The van der Waals surface area contributed by atoms with Gasteiger partial charge in [0.1, 0.15) is 0 Å². The number of alkyl halides is 3. The fourth-order valence-electron chi connectivity index (χ4n) is 1.64. The van der Waals surface area contributed by atoms with E-state index in [1.807, 2.05) is 0 Å². The highest BCUT2D eigenvalue weighted by atomic mass is 32.1. The lowest BCUT2D eigenvalue weighted by Gasteiger charge is -2.10. The predicted octanol–water partition coefficient (Wildman–Crippen LogP) is 4.01. The van der Waals surface area contributed by atoms with Gasteiger partial charge in [-0.2, -0.15) is 13.2 Å². The van der Waals surface area contributed by atoms with E-state index in [0.29, 0.717) is 0 Å². The molecule has 20 heavy (non-hydrogen) atoms. The van der Waals surface area contributed by atoms with E-state index in [-0.39, 0.29) is 22.9 Å². The molecule has 106 valence electrons. The molecule has 0 saturated heterocycles. The van der Waals surface area contributed by atoms with Crippen LogP contribution >= 0.6 is 11.3 Å². The van der Waals surface area contributed by atoms with Gasteiger partial charge in [-0.25, -0.2) is 9.78 Å². The maximum Gasteiger partial charge on any atom is 0.417 e. The Bertz CT molecular complexity index is 622. The molecule has 0 aliphatic rings. The fourth-order valence-corrected chi connectivity index (χ4v) is 2.35. The molecule has 0 saturated carbocycles. The highest BCUT2D eigenvalue weighted by Gasteiger charge is 2.34. The fraction of sp³-hybridized carbons (Fsp3) is 0.231. The zero-order valence-electron chi connectivity index (χ0n) is 10.4. The van der Waals surface area contributed by atoms with Gasteiger partial charge in [0.15, 0.2) is 0 Å². The lowest BCUT2D eigenvalue weighted by Crippen LogP contribution is -2.07. The Kier molecular flexibility index (Phi) is 4.08. The summed E-state index contributed by atoms with van der Waals surface area (Å²) in [7, 11) is 0. The van der Waals surface area contributed by atoms with Gasteiger partial charge in [-0.15, -0.1) is 11.3 Å². The summed E-state index contributed by atoms with van der Waals surface area (Å²) in [5, 5.41) is 1.45. The smallest absolute Gasteiger partial charge is 0.417 e. The zero-order chi connectivity index (χ0) is 14.8. The Morgan fingerprint density at radius 3 is 2.70 bits per heavy atom. The van der Waals surface area contributed by atoms with Gasteiger partial charge in [0, 0.05) is 10.9 Å². The van der Waals surface area contributed by atoms with E-state index in [2.05, 4.69) is 4.98 Å². The van der Waals surface area contributed by atoms with E-state index < -0.39 is 17.7 Å². The van der Waals surface area contributed by atoms with Crippen LogP contribution in [-0.4, -0.2) is 17.6 Å². The minimum absolute atomic E-state index is 0.0406. The van der Waals surface area contributed by atoms with Crippen LogP contribution in [0.3, 0.4) is 0 Å². The number of hydrogen-bond donors (Lipinski definition) is 0. The van der Waals surface area contributed by atoms with Crippen LogP contribution in [0.1, 0.15) is 22.3 Å². The average Bonchev–Trinajstić information content (AvgIpc) is 2.87. The molecule has 1 heterocycles. The van der Waals surface area contributed by atoms with Crippen LogP contribution in [-0.2, 0) is 10.9 Å². The molecule has 0 aliphatic carbocycles. The lowest BCUT2D eigenvalue weighted by atomic mass is 10.1. The molecule has 1 aromatic heterocycles. The number of hydrogen-bond acceptors (Lipinski definition) is 4. The third-order valence-corrected chi connectivity index (χ3v) is 3.28. The lowest BCUT2D eigenvalue weighted by molar-refractivity contribution is -0.137. The van der Waals surface area contributed by atoms with Crippen molar-refractivity contribution in [1.82, 2.24) is 4.98 Å². The highest BCUT2D eigenvalue weighted by molar-refractivity contribution is 7.11. The van der Waals surface area contributed by atoms with Gasteiger partial charge in [0.25, 0.3) is 0 Å². The topological polar surface area (TPSA) is 39.2 Å². The Hall–Kier alpha value is -1.89. The molecule has 0 amide bonds.